The van der Waals surface area contributed by atoms with E-state index in [1.807, 2.05) is 13.8 Å². The van der Waals surface area contributed by atoms with Gasteiger partial charge in [-0.05, 0) is 38.5 Å². The molecule has 1 heterocycles. The maximum Gasteiger partial charge on any atom is 0.242 e. The minimum absolute atomic E-state index is 0.0205. The van der Waals surface area contributed by atoms with Crippen LogP contribution in [0.2, 0.25) is 0 Å². The zero-order chi connectivity index (χ0) is 15.2. The number of aromatic nitrogens is 2. The van der Waals surface area contributed by atoms with E-state index in [0.29, 0.717) is 29.2 Å². The molecule has 1 aromatic heterocycles. The molecular formula is C15H26N4O2. The van der Waals surface area contributed by atoms with Gasteiger partial charge in [0.25, 0.3) is 0 Å². The Bertz CT molecular complexity index is 453. The first-order chi connectivity index (χ1) is 10.1. The first-order valence-electron chi connectivity index (χ1n) is 7.73. The van der Waals surface area contributed by atoms with E-state index in [-0.39, 0.29) is 12.7 Å². The fourth-order valence-electron chi connectivity index (χ4n) is 2.86. The standard InChI is InChI=1S/C15H26N4O2/c1-10(2)21-15-13(16)14(18-9-19-15)17-7-11-5-3-4-6-12(11)8-20/h9-12,20H,3-8,16H2,1-2H3,(H,17,18,19). The van der Waals surface area contributed by atoms with Crippen molar-refractivity contribution in [3.8, 4) is 5.88 Å². The third kappa shape index (κ3) is 4.20. The summed E-state index contributed by atoms with van der Waals surface area (Å²) in [5.41, 5.74) is 6.50. The molecule has 0 amide bonds. The van der Waals surface area contributed by atoms with Crippen LogP contribution in [-0.4, -0.2) is 34.3 Å². The van der Waals surface area contributed by atoms with E-state index in [9.17, 15) is 5.11 Å². The van der Waals surface area contributed by atoms with Crippen LogP contribution in [0.4, 0.5) is 11.5 Å². The molecule has 0 aromatic carbocycles. The van der Waals surface area contributed by atoms with Crippen molar-refractivity contribution < 1.29 is 9.84 Å². The van der Waals surface area contributed by atoms with Crippen molar-refractivity contribution in [3.63, 3.8) is 0 Å². The number of hydrogen-bond donors (Lipinski definition) is 3. The Balaban J connectivity index is 1.99. The van der Waals surface area contributed by atoms with Crippen LogP contribution in [0.5, 0.6) is 5.88 Å². The SMILES string of the molecule is CC(C)Oc1ncnc(NCC2CCCCC2CO)c1N. The highest BCUT2D eigenvalue weighted by Gasteiger charge is 2.24. The van der Waals surface area contributed by atoms with Crippen molar-refractivity contribution in [1.82, 2.24) is 9.97 Å². The number of nitrogen functional groups attached to an aromatic ring is 1. The van der Waals surface area contributed by atoms with Gasteiger partial charge in [0, 0.05) is 13.2 Å². The summed E-state index contributed by atoms with van der Waals surface area (Å²) in [4.78, 5) is 8.26. The minimum atomic E-state index is 0.0205. The number of nitrogens with one attached hydrogen (secondary N) is 1. The summed E-state index contributed by atoms with van der Waals surface area (Å²) in [6.45, 7) is 4.89. The third-order valence-corrected chi connectivity index (χ3v) is 4.03. The fourth-order valence-corrected chi connectivity index (χ4v) is 2.86. The summed E-state index contributed by atoms with van der Waals surface area (Å²) in [5.74, 6) is 1.88. The number of anilines is 2. The Morgan fingerprint density at radius 1 is 1.33 bits per heavy atom. The van der Waals surface area contributed by atoms with Crippen molar-refractivity contribution in [1.29, 1.82) is 0 Å². The molecule has 2 atom stereocenters. The molecule has 2 rings (SSSR count). The molecule has 1 aromatic rings. The lowest BCUT2D eigenvalue weighted by Crippen LogP contribution is -2.29. The molecule has 2 unspecified atom stereocenters. The lowest BCUT2D eigenvalue weighted by Gasteiger charge is -2.30. The van der Waals surface area contributed by atoms with Gasteiger partial charge in [-0.1, -0.05) is 12.8 Å². The van der Waals surface area contributed by atoms with E-state index in [0.717, 1.165) is 19.4 Å². The van der Waals surface area contributed by atoms with E-state index < -0.39 is 0 Å². The van der Waals surface area contributed by atoms with E-state index in [1.54, 1.807) is 0 Å². The third-order valence-electron chi connectivity index (χ3n) is 4.03. The number of nitrogens with two attached hydrogens (primary N) is 1. The van der Waals surface area contributed by atoms with Crippen LogP contribution in [0, 0.1) is 11.8 Å². The quantitative estimate of drug-likeness (QED) is 0.743. The number of aliphatic hydroxyl groups is 1. The summed E-state index contributed by atoms with van der Waals surface area (Å²) >= 11 is 0. The molecule has 1 fully saturated rings. The Morgan fingerprint density at radius 2 is 2.05 bits per heavy atom. The second kappa shape index (κ2) is 7.45. The summed E-state index contributed by atoms with van der Waals surface area (Å²) in [6, 6.07) is 0. The molecular weight excluding hydrogens is 268 g/mol. The van der Waals surface area contributed by atoms with Gasteiger partial charge >= 0.3 is 0 Å². The van der Waals surface area contributed by atoms with Crippen LogP contribution < -0.4 is 15.8 Å². The van der Waals surface area contributed by atoms with Crippen LogP contribution in [-0.2, 0) is 0 Å². The summed E-state index contributed by atoms with van der Waals surface area (Å²) < 4.78 is 5.56. The molecule has 1 aliphatic rings. The van der Waals surface area contributed by atoms with Crippen molar-refractivity contribution in [2.45, 2.75) is 45.6 Å². The van der Waals surface area contributed by atoms with Gasteiger partial charge in [0.15, 0.2) is 5.82 Å². The molecule has 6 nitrogen and oxygen atoms in total. The Hall–Kier alpha value is -1.56. The lowest BCUT2D eigenvalue weighted by atomic mass is 9.79. The van der Waals surface area contributed by atoms with E-state index in [4.69, 9.17) is 10.5 Å². The largest absolute Gasteiger partial charge is 0.473 e. The predicted molar refractivity (Wildman–Crippen MR) is 83.2 cm³/mol. The average Bonchev–Trinajstić information content (AvgIpc) is 2.48. The highest BCUT2D eigenvalue weighted by molar-refractivity contribution is 5.66. The zero-order valence-electron chi connectivity index (χ0n) is 12.9. The van der Waals surface area contributed by atoms with Gasteiger partial charge in [-0.25, -0.2) is 4.98 Å². The molecule has 4 N–H and O–H groups in total. The molecule has 6 heteroatoms. The van der Waals surface area contributed by atoms with Gasteiger partial charge in [-0.2, -0.15) is 4.98 Å². The van der Waals surface area contributed by atoms with Crippen LogP contribution >= 0.6 is 0 Å². The van der Waals surface area contributed by atoms with Crippen LogP contribution in [0.1, 0.15) is 39.5 Å². The Kier molecular flexibility index (Phi) is 5.61. The van der Waals surface area contributed by atoms with Crippen molar-refractivity contribution in [3.05, 3.63) is 6.33 Å². The molecule has 0 radical (unpaired) electrons. The maximum atomic E-state index is 9.46. The normalized spacial score (nSPS) is 22.3. The Labute approximate surface area is 126 Å². The van der Waals surface area contributed by atoms with E-state index in [2.05, 4.69) is 15.3 Å². The van der Waals surface area contributed by atoms with Gasteiger partial charge in [-0.3, -0.25) is 0 Å². The summed E-state index contributed by atoms with van der Waals surface area (Å²) in [6.07, 6.45) is 6.16. The molecule has 0 spiro atoms. The van der Waals surface area contributed by atoms with E-state index >= 15 is 0 Å². The highest BCUT2D eigenvalue weighted by Crippen LogP contribution is 2.31. The van der Waals surface area contributed by atoms with Crippen molar-refractivity contribution >= 4 is 11.5 Å². The Morgan fingerprint density at radius 3 is 2.71 bits per heavy atom. The molecule has 118 valence electrons. The van der Waals surface area contributed by atoms with Crippen LogP contribution in [0.25, 0.3) is 0 Å². The first-order valence-corrected chi connectivity index (χ1v) is 7.73. The molecule has 0 saturated heterocycles. The maximum absolute atomic E-state index is 9.46. The molecule has 1 aliphatic carbocycles. The lowest BCUT2D eigenvalue weighted by molar-refractivity contribution is 0.141. The topological polar surface area (TPSA) is 93.3 Å². The first kappa shape index (κ1) is 15.8. The molecule has 21 heavy (non-hydrogen) atoms. The van der Waals surface area contributed by atoms with E-state index in [1.165, 1.54) is 19.2 Å². The molecule has 0 aliphatic heterocycles. The van der Waals surface area contributed by atoms with Gasteiger partial charge in [0.2, 0.25) is 5.88 Å². The average molecular weight is 294 g/mol. The second-order valence-electron chi connectivity index (χ2n) is 5.98. The highest BCUT2D eigenvalue weighted by atomic mass is 16.5. The van der Waals surface area contributed by atoms with Gasteiger partial charge in [0.05, 0.1) is 6.10 Å². The number of aliphatic hydroxyl groups excluding tert-OH is 1. The number of nitrogens with zero attached hydrogens (tertiary/aromatic N) is 2. The molecule has 1 saturated carbocycles. The number of hydrogen-bond acceptors (Lipinski definition) is 6. The monoisotopic (exact) mass is 294 g/mol. The van der Waals surface area contributed by atoms with Gasteiger partial charge < -0.3 is 20.9 Å². The van der Waals surface area contributed by atoms with Gasteiger partial charge in [-0.15, -0.1) is 0 Å². The van der Waals surface area contributed by atoms with Crippen molar-refractivity contribution in [2.24, 2.45) is 11.8 Å². The van der Waals surface area contributed by atoms with Crippen LogP contribution in [0.3, 0.4) is 0 Å². The number of ether oxygens (including phenoxy) is 1. The van der Waals surface area contributed by atoms with Crippen LogP contribution in [0.15, 0.2) is 6.33 Å². The predicted octanol–water partition coefficient (Wildman–Crippen LogP) is 2.06. The summed E-state index contributed by atoms with van der Waals surface area (Å²) in [5, 5.41) is 12.8. The zero-order valence-corrected chi connectivity index (χ0v) is 12.9. The van der Waals surface area contributed by atoms with Gasteiger partial charge in [0.1, 0.15) is 12.0 Å². The minimum Gasteiger partial charge on any atom is -0.473 e. The smallest absolute Gasteiger partial charge is 0.242 e. The van der Waals surface area contributed by atoms with Crippen molar-refractivity contribution in [2.75, 3.05) is 24.2 Å². The summed E-state index contributed by atoms with van der Waals surface area (Å²) in [7, 11) is 0. The fraction of sp³-hybridized carbons (Fsp3) is 0.733. The second-order valence-corrected chi connectivity index (χ2v) is 5.98. The molecule has 0 bridgehead atoms. The number of rotatable bonds is 6.